The summed E-state index contributed by atoms with van der Waals surface area (Å²) in [5, 5.41) is 9.41. The van der Waals surface area contributed by atoms with Crippen LogP contribution in [-0.4, -0.2) is 24.9 Å². The molecule has 1 rings (SSSR count). The van der Waals surface area contributed by atoms with E-state index < -0.39 is 6.10 Å². The third kappa shape index (κ3) is 3.90. The minimum Gasteiger partial charge on any atom is -0.488 e. The number of hydrogen-bond acceptors (Lipinski definition) is 3. The Morgan fingerprint density at radius 1 is 1.33 bits per heavy atom. The van der Waals surface area contributed by atoms with E-state index in [0.29, 0.717) is 6.61 Å². The minimum atomic E-state index is -0.466. The van der Waals surface area contributed by atoms with Gasteiger partial charge in [-0.1, -0.05) is 12.1 Å². The second-order valence-electron chi connectivity index (χ2n) is 3.63. The predicted molar refractivity (Wildman–Crippen MR) is 59.0 cm³/mol. The van der Waals surface area contributed by atoms with Gasteiger partial charge in [0.15, 0.2) is 0 Å². The topological polar surface area (TPSA) is 38.7 Å². The highest BCUT2D eigenvalue weighted by atomic mass is 16.5. The maximum absolute atomic E-state index is 9.41. The molecule has 3 nitrogen and oxygen atoms in total. The molecule has 1 aromatic carbocycles. The molecule has 15 heavy (non-hydrogen) atoms. The molecule has 2 unspecified atom stereocenters. The zero-order valence-electron chi connectivity index (χ0n) is 9.43. The molecule has 2 atom stereocenters. The number of aliphatic hydroxyl groups is 1. The number of aliphatic hydroxyl groups excluding tert-OH is 1. The Morgan fingerprint density at radius 3 is 2.67 bits per heavy atom. The van der Waals surface area contributed by atoms with Crippen LogP contribution in [0.3, 0.4) is 0 Å². The predicted octanol–water partition coefficient (Wildman–Crippen LogP) is 2.15. The van der Waals surface area contributed by atoms with Crippen molar-refractivity contribution in [2.45, 2.75) is 26.1 Å². The summed E-state index contributed by atoms with van der Waals surface area (Å²) in [6, 6.07) is 7.46. The quantitative estimate of drug-likeness (QED) is 0.809. The normalized spacial score (nSPS) is 14.7. The van der Waals surface area contributed by atoms with Gasteiger partial charge in [-0.25, -0.2) is 0 Å². The Morgan fingerprint density at radius 2 is 2.07 bits per heavy atom. The lowest BCUT2D eigenvalue weighted by atomic mass is 10.1. The summed E-state index contributed by atoms with van der Waals surface area (Å²) in [5.74, 6) is 0.762. The number of hydrogen-bond donors (Lipinski definition) is 1. The van der Waals surface area contributed by atoms with Crippen LogP contribution in [0.4, 0.5) is 0 Å². The van der Waals surface area contributed by atoms with Crippen LogP contribution in [0.15, 0.2) is 24.3 Å². The number of ether oxygens (including phenoxy) is 2. The highest BCUT2D eigenvalue weighted by Gasteiger charge is 2.05. The SMILES string of the molecule is COCC(C)Oc1cccc(C(C)O)c1. The zero-order chi connectivity index (χ0) is 11.3. The second kappa shape index (κ2) is 5.73. The lowest BCUT2D eigenvalue weighted by Crippen LogP contribution is -2.17. The lowest BCUT2D eigenvalue weighted by Gasteiger charge is -2.14. The zero-order valence-corrected chi connectivity index (χ0v) is 9.43. The first kappa shape index (κ1) is 12.0. The van der Waals surface area contributed by atoms with E-state index in [1.165, 1.54) is 0 Å². The smallest absolute Gasteiger partial charge is 0.120 e. The monoisotopic (exact) mass is 210 g/mol. The Bertz CT molecular complexity index is 297. The van der Waals surface area contributed by atoms with Crippen LogP contribution < -0.4 is 4.74 Å². The van der Waals surface area contributed by atoms with Gasteiger partial charge < -0.3 is 14.6 Å². The molecule has 1 N–H and O–H groups in total. The average molecular weight is 210 g/mol. The van der Waals surface area contributed by atoms with E-state index in [1.54, 1.807) is 14.0 Å². The molecule has 0 aliphatic rings. The molecule has 3 heteroatoms. The fraction of sp³-hybridized carbons (Fsp3) is 0.500. The summed E-state index contributed by atoms with van der Waals surface area (Å²) in [6.07, 6.45) is -0.453. The largest absolute Gasteiger partial charge is 0.488 e. The standard InChI is InChI=1S/C12H18O3/c1-9(8-14-3)15-12-6-4-5-11(7-12)10(2)13/h4-7,9-10,13H,8H2,1-3H3. The van der Waals surface area contributed by atoms with Crippen LogP contribution in [0.1, 0.15) is 25.5 Å². The van der Waals surface area contributed by atoms with Crippen LogP contribution >= 0.6 is 0 Å². The molecule has 0 saturated heterocycles. The second-order valence-corrected chi connectivity index (χ2v) is 3.63. The Hall–Kier alpha value is -1.06. The average Bonchev–Trinajstić information content (AvgIpc) is 2.18. The van der Waals surface area contributed by atoms with E-state index in [1.807, 2.05) is 31.2 Å². The molecule has 0 spiro atoms. The van der Waals surface area contributed by atoms with Gasteiger partial charge in [0, 0.05) is 7.11 Å². The molecule has 0 aromatic heterocycles. The third-order valence-corrected chi connectivity index (χ3v) is 2.08. The van der Waals surface area contributed by atoms with Crippen molar-refractivity contribution in [1.29, 1.82) is 0 Å². The minimum absolute atomic E-state index is 0.0132. The van der Waals surface area contributed by atoms with E-state index in [0.717, 1.165) is 11.3 Å². The summed E-state index contributed by atoms with van der Waals surface area (Å²) in [4.78, 5) is 0. The molecule has 0 bridgehead atoms. The molecule has 0 amide bonds. The molecular weight excluding hydrogens is 192 g/mol. The van der Waals surface area contributed by atoms with Gasteiger partial charge >= 0.3 is 0 Å². The Labute approximate surface area is 90.6 Å². The van der Waals surface area contributed by atoms with Crippen molar-refractivity contribution in [2.75, 3.05) is 13.7 Å². The lowest BCUT2D eigenvalue weighted by molar-refractivity contribution is 0.0918. The molecule has 84 valence electrons. The number of methoxy groups -OCH3 is 1. The van der Waals surface area contributed by atoms with Crippen LogP contribution in [0.5, 0.6) is 5.75 Å². The third-order valence-electron chi connectivity index (χ3n) is 2.08. The van der Waals surface area contributed by atoms with Crippen molar-refractivity contribution in [3.05, 3.63) is 29.8 Å². The maximum atomic E-state index is 9.41. The fourth-order valence-corrected chi connectivity index (χ4v) is 1.35. The van der Waals surface area contributed by atoms with E-state index in [-0.39, 0.29) is 6.10 Å². The first-order valence-corrected chi connectivity index (χ1v) is 5.07. The van der Waals surface area contributed by atoms with Crippen molar-refractivity contribution in [3.63, 3.8) is 0 Å². The van der Waals surface area contributed by atoms with Crippen molar-refractivity contribution < 1.29 is 14.6 Å². The molecule has 0 aliphatic heterocycles. The highest BCUT2D eigenvalue weighted by molar-refractivity contribution is 5.29. The summed E-state index contributed by atoms with van der Waals surface area (Å²) >= 11 is 0. The van der Waals surface area contributed by atoms with Crippen molar-refractivity contribution in [3.8, 4) is 5.75 Å². The Kier molecular flexibility index (Phi) is 4.59. The summed E-state index contributed by atoms with van der Waals surface area (Å²) < 4.78 is 10.6. The van der Waals surface area contributed by atoms with Crippen LogP contribution in [0, 0.1) is 0 Å². The molecule has 0 aliphatic carbocycles. The Balaban J connectivity index is 2.65. The molecular formula is C12H18O3. The van der Waals surface area contributed by atoms with Gasteiger partial charge in [0.25, 0.3) is 0 Å². The van der Waals surface area contributed by atoms with Crippen molar-refractivity contribution in [1.82, 2.24) is 0 Å². The summed E-state index contributed by atoms with van der Waals surface area (Å²) in [5.41, 5.74) is 0.858. The van der Waals surface area contributed by atoms with Gasteiger partial charge in [-0.2, -0.15) is 0 Å². The first-order chi connectivity index (χ1) is 7.13. The van der Waals surface area contributed by atoms with Gasteiger partial charge in [-0.3, -0.25) is 0 Å². The molecule has 0 radical (unpaired) electrons. The van der Waals surface area contributed by atoms with E-state index in [2.05, 4.69) is 0 Å². The number of benzene rings is 1. The van der Waals surface area contributed by atoms with Crippen molar-refractivity contribution >= 4 is 0 Å². The van der Waals surface area contributed by atoms with Crippen LogP contribution in [-0.2, 0) is 4.74 Å². The number of rotatable bonds is 5. The van der Waals surface area contributed by atoms with E-state index >= 15 is 0 Å². The molecule has 1 aromatic rings. The van der Waals surface area contributed by atoms with Gasteiger partial charge in [0.05, 0.1) is 12.7 Å². The van der Waals surface area contributed by atoms with Gasteiger partial charge in [-0.05, 0) is 31.5 Å². The fourth-order valence-electron chi connectivity index (χ4n) is 1.35. The van der Waals surface area contributed by atoms with E-state index in [9.17, 15) is 5.11 Å². The maximum Gasteiger partial charge on any atom is 0.120 e. The summed E-state index contributed by atoms with van der Waals surface area (Å²) in [7, 11) is 1.64. The van der Waals surface area contributed by atoms with Crippen molar-refractivity contribution in [2.24, 2.45) is 0 Å². The highest BCUT2D eigenvalue weighted by Crippen LogP contribution is 2.19. The first-order valence-electron chi connectivity index (χ1n) is 5.07. The van der Waals surface area contributed by atoms with Gasteiger partial charge in [-0.15, -0.1) is 0 Å². The molecule has 0 heterocycles. The van der Waals surface area contributed by atoms with Gasteiger partial charge in [0.2, 0.25) is 0 Å². The van der Waals surface area contributed by atoms with Gasteiger partial charge in [0.1, 0.15) is 11.9 Å². The molecule has 0 saturated carbocycles. The molecule has 0 fully saturated rings. The van der Waals surface area contributed by atoms with E-state index in [4.69, 9.17) is 9.47 Å². The van der Waals surface area contributed by atoms with Crippen LogP contribution in [0.25, 0.3) is 0 Å². The summed E-state index contributed by atoms with van der Waals surface area (Å²) in [6.45, 7) is 4.23. The van der Waals surface area contributed by atoms with Crippen LogP contribution in [0.2, 0.25) is 0 Å².